The number of halogens is 1. The van der Waals surface area contributed by atoms with Crippen LogP contribution < -0.4 is 0 Å². The van der Waals surface area contributed by atoms with Crippen molar-refractivity contribution in [1.29, 1.82) is 0 Å². The largest absolute Gasteiger partial charge is 0.297 e. The summed E-state index contributed by atoms with van der Waals surface area (Å²) < 4.78 is 28.4. The fourth-order valence-corrected chi connectivity index (χ4v) is 2.36. The number of rotatable bonds is 3. The highest BCUT2D eigenvalue weighted by Gasteiger charge is 2.20. The van der Waals surface area contributed by atoms with Crippen LogP contribution in [-0.4, -0.2) is 15.0 Å². The fraction of sp³-hybridized carbons (Fsp3) is 0.455. The summed E-state index contributed by atoms with van der Waals surface area (Å²) in [4.78, 5) is 0.0873. The molecule has 0 aromatic heterocycles. The van der Waals surface area contributed by atoms with Gasteiger partial charge in [0, 0.05) is 5.02 Å². The van der Waals surface area contributed by atoms with E-state index in [2.05, 4.69) is 0 Å². The molecule has 0 fully saturated rings. The molecule has 0 aliphatic rings. The van der Waals surface area contributed by atoms with Gasteiger partial charge in [0.1, 0.15) is 0 Å². The Kier molecular flexibility index (Phi) is 3.99. The van der Waals surface area contributed by atoms with Crippen LogP contribution in [0.3, 0.4) is 0 Å². The van der Waals surface area contributed by atoms with Crippen molar-refractivity contribution in [1.82, 2.24) is 0 Å². The summed E-state index contributed by atoms with van der Waals surface area (Å²) in [5.74, 6) is 0. The van der Waals surface area contributed by atoms with Crippen LogP contribution in [0.2, 0.25) is 5.02 Å². The molecule has 0 saturated carbocycles. The van der Waals surface area contributed by atoms with Crippen LogP contribution in [-0.2, 0) is 14.3 Å². The zero-order chi connectivity index (χ0) is 12.4. The normalized spacial score (nSPS) is 12.8. The highest BCUT2D eigenvalue weighted by atomic mass is 35.5. The minimum atomic E-state index is -3.70. The van der Waals surface area contributed by atoms with Gasteiger partial charge in [-0.25, -0.2) is 0 Å². The second-order valence-electron chi connectivity index (χ2n) is 4.73. The Hall–Kier alpha value is -0.580. The molecule has 0 spiro atoms. The molecular weight excluding hydrogens is 248 g/mol. The van der Waals surface area contributed by atoms with Crippen LogP contribution in [0.1, 0.15) is 20.8 Å². The van der Waals surface area contributed by atoms with Gasteiger partial charge in [-0.1, -0.05) is 38.4 Å². The third-order valence-corrected chi connectivity index (χ3v) is 3.23. The lowest BCUT2D eigenvalue weighted by Crippen LogP contribution is -2.18. The van der Waals surface area contributed by atoms with Gasteiger partial charge < -0.3 is 0 Å². The Morgan fingerprint density at radius 3 is 2.44 bits per heavy atom. The van der Waals surface area contributed by atoms with Crippen LogP contribution in [0.25, 0.3) is 0 Å². The standard InChI is InChI=1S/C11H15ClO3S/c1-11(2,3)8-15-16(13,14)10-6-4-5-9(12)7-10/h4-7H,8H2,1-3H3. The Morgan fingerprint density at radius 2 is 1.94 bits per heavy atom. The lowest BCUT2D eigenvalue weighted by atomic mass is 9.99. The summed E-state index contributed by atoms with van der Waals surface area (Å²) in [7, 11) is -3.70. The first-order valence-electron chi connectivity index (χ1n) is 4.86. The topological polar surface area (TPSA) is 43.4 Å². The summed E-state index contributed by atoms with van der Waals surface area (Å²) in [5.41, 5.74) is -0.203. The van der Waals surface area contributed by atoms with Gasteiger partial charge in [-0.3, -0.25) is 4.18 Å². The Labute approximate surface area is 102 Å². The van der Waals surface area contributed by atoms with Gasteiger partial charge in [0.15, 0.2) is 0 Å². The van der Waals surface area contributed by atoms with Crippen LogP contribution in [0, 0.1) is 5.41 Å². The van der Waals surface area contributed by atoms with Crippen molar-refractivity contribution in [3.8, 4) is 0 Å². The van der Waals surface area contributed by atoms with Gasteiger partial charge in [-0.15, -0.1) is 0 Å². The fourth-order valence-electron chi connectivity index (χ4n) is 0.945. The van der Waals surface area contributed by atoms with E-state index in [0.717, 1.165) is 0 Å². The Balaban J connectivity index is 2.87. The van der Waals surface area contributed by atoms with Gasteiger partial charge >= 0.3 is 0 Å². The van der Waals surface area contributed by atoms with E-state index in [-0.39, 0.29) is 16.9 Å². The average molecular weight is 263 g/mol. The van der Waals surface area contributed by atoms with E-state index in [1.807, 2.05) is 20.8 Å². The van der Waals surface area contributed by atoms with E-state index in [1.54, 1.807) is 12.1 Å². The maximum atomic E-state index is 11.8. The Morgan fingerprint density at radius 1 is 1.31 bits per heavy atom. The predicted molar refractivity (Wildman–Crippen MR) is 64.0 cm³/mol. The van der Waals surface area contributed by atoms with Crippen LogP contribution in [0.5, 0.6) is 0 Å². The van der Waals surface area contributed by atoms with E-state index in [1.165, 1.54) is 12.1 Å². The lowest BCUT2D eigenvalue weighted by Gasteiger charge is -2.17. The molecule has 1 aromatic rings. The predicted octanol–water partition coefficient (Wildman–Crippen LogP) is 3.09. The summed E-state index contributed by atoms with van der Waals surface area (Å²) >= 11 is 5.72. The summed E-state index contributed by atoms with van der Waals surface area (Å²) in [6.45, 7) is 5.85. The van der Waals surface area contributed by atoms with E-state index < -0.39 is 10.1 Å². The molecule has 1 rings (SSSR count). The molecule has 0 bridgehead atoms. The maximum absolute atomic E-state index is 11.8. The van der Waals surface area contributed by atoms with Crippen molar-refractivity contribution in [3.63, 3.8) is 0 Å². The van der Waals surface area contributed by atoms with Gasteiger partial charge in [0.2, 0.25) is 0 Å². The molecule has 90 valence electrons. The third-order valence-electron chi connectivity index (χ3n) is 1.73. The van der Waals surface area contributed by atoms with Crippen molar-refractivity contribution >= 4 is 21.7 Å². The maximum Gasteiger partial charge on any atom is 0.297 e. The van der Waals surface area contributed by atoms with Crippen molar-refractivity contribution < 1.29 is 12.6 Å². The first-order valence-corrected chi connectivity index (χ1v) is 6.64. The van der Waals surface area contributed by atoms with E-state index in [0.29, 0.717) is 5.02 Å². The van der Waals surface area contributed by atoms with Crippen LogP contribution in [0.4, 0.5) is 0 Å². The van der Waals surface area contributed by atoms with Crippen molar-refractivity contribution in [3.05, 3.63) is 29.3 Å². The molecule has 5 heteroatoms. The molecule has 0 saturated heterocycles. The van der Waals surface area contributed by atoms with Crippen molar-refractivity contribution in [2.75, 3.05) is 6.61 Å². The molecule has 0 aliphatic carbocycles. The van der Waals surface area contributed by atoms with Crippen molar-refractivity contribution in [2.24, 2.45) is 5.41 Å². The lowest BCUT2D eigenvalue weighted by molar-refractivity contribution is 0.203. The second-order valence-corrected chi connectivity index (χ2v) is 6.79. The van der Waals surface area contributed by atoms with Gasteiger partial charge in [-0.05, 0) is 23.6 Å². The highest BCUT2D eigenvalue weighted by Crippen LogP contribution is 2.20. The zero-order valence-corrected chi connectivity index (χ0v) is 11.1. The molecule has 0 aliphatic heterocycles. The van der Waals surface area contributed by atoms with E-state index in [9.17, 15) is 8.42 Å². The summed E-state index contributed by atoms with van der Waals surface area (Å²) in [5, 5.41) is 0.375. The smallest absolute Gasteiger partial charge is 0.266 e. The monoisotopic (exact) mass is 262 g/mol. The molecule has 0 unspecified atom stereocenters. The highest BCUT2D eigenvalue weighted by molar-refractivity contribution is 7.86. The molecule has 1 aromatic carbocycles. The Bertz CT molecular complexity index is 460. The van der Waals surface area contributed by atoms with E-state index in [4.69, 9.17) is 15.8 Å². The minimum absolute atomic E-state index is 0.0873. The molecule has 16 heavy (non-hydrogen) atoms. The van der Waals surface area contributed by atoms with E-state index >= 15 is 0 Å². The number of hydrogen-bond acceptors (Lipinski definition) is 3. The average Bonchev–Trinajstić information content (AvgIpc) is 2.14. The third kappa shape index (κ3) is 4.12. The van der Waals surface area contributed by atoms with Gasteiger partial charge in [0.05, 0.1) is 11.5 Å². The van der Waals surface area contributed by atoms with Crippen LogP contribution in [0.15, 0.2) is 29.2 Å². The van der Waals surface area contributed by atoms with Gasteiger partial charge in [0.25, 0.3) is 10.1 Å². The molecular formula is C11H15ClO3S. The molecule has 0 atom stereocenters. The van der Waals surface area contributed by atoms with Gasteiger partial charge in [-0.2, -0.15) is 8.42 Å². The molecule has 0 amide bonds. The van der Waals surface area contributed by atoms with Crippen molar-refractivity contribution in [2.45, 2.75) is 25.7 Å². The molecule has 0 N–H and O–H groups in total. The zero-order valence-electron chi connectivity index (χ0n) is 9.53. The first-order chi connectivity index (χ1) is 7.21. The van der Waals surface area contributed by atoms with Crippen LogP contribution >= 0.6 is 11.6 Å². The first kappa shape index (κ1) is 13.5. The molecule has 3 nitrogen and oxygen atoms in total. The number of hydrogen-bond donors (Lipinski definition) is 0. The SMILES string of the molecule is CC(C)(C)COS(=O)(=O)c1cccc(Cl)c1. The second kappa shape index (κ2) is 4.73. The number of benzene rings is 1. The summed E-state index contributed by atoms with van der Waals surface area (Å²) in [6, 6.07) is 6.03. The quantitative estimate of drug-likeness (QED) is 0.786. The summed E-state index contributed by atoms with van der Waals surface area (Å²) in [6.07, 6.45) is 0. The minimum Gasteiger partial charge on any atom is -0.266 e. The molecule has 0 heterocycles. The molecule has 0 radical (unpaired) electrons.